The molecule has 520 valence electrons. The van der Waals surface area contributed by atoms with Crippen molar-refractivity contribution < 1.29 is 0 Å². The summed E-state index contributed by atoms with van der Waals surface area (Å²) in [6, 6.07) is 141. The van der Waals surface area contributed by atoms with Crippen LogP contribution in [0.15, 0.2) is 376 Å². The molecule has 0 fully saturated rings. The lowest BCUT2D eigenvalue weighted by Gasteiger charge is -2.36. The Labute approximate surface area is 633 Å². The number of nitrogens with zero attached hydrogens (tertiary/aromatic N) is 3. The number of anilines is 9. The molecule has 15 aromatic rings. The normalized spacial score (nSPS) is 13.2. The van der Waals surface area contributed by atoms with E-state index < -0.39 is 10.8 Å². The molecule has 2 aliphatic carbocycles. The van der Waals surface area contributed by atoms with E-state index in [0.717, 1.165) is 51.2 Å². The Kier molecular flexibility index (Phi) is 17.1. The van der Waals surface area contributed by atoms with Crippen LogP contribution in [0.4, 0.5) is 51.2 Å². The van der Waals surface area contributed by atoms with Crippen molar-refractivity contribution in [2.75, 3.05) is 14.7 Å². The van der Waals surface area contributed by atoms with Crippen LogP contribution in [-0.4, -0.2) is 0 Å². The van der Waals surface area contributed by atoms with Gasteiger partial charge in [-0.1, -0.05) is 329 Å². The highest BCUT2D eigenvalue weighted by Crippen LogP contribution is 2.59. The Morgan fingerprint density at radius 1 is 0.168 bits per heavy atom. The van der Waals surface area contributed by atoms with Gasteiger partial charge in [-0.15, -0.1) is 0 Å². The van der Waals surface area contributed by atoms with Crippen molar-refractivity contribution in [2.24, 2.45) is 0 Å². The summed E-state index contributed by atoms with van der Waals surface area (Å²) in [4.78, 5) is 7.24. The molecule has 0 amide bonds. The predicted octanol–water partition coefficient (Wildman–Crippen LogP) is 28.0. The molecule has 0 unspecified atom stereocenters. The van der Waals surface area contributed by atoms with Gasteiger partial charge in [0.05, 0.1) is 10.8 Å². The van der Waals surface area contributed by atoms with Crippen LogP contribution < -0.4 is 14.7 Å². The van der Waals surface area contributed by atoms with E-state index in [-0.39, 0.29) is 16.2 Å². The molecule has 0 bridgehead atoms. The van der Waals surface area contributed by atoms with Gasteiger partial charge < -0.3 is 14.7 Å². The fourth-order valence-corrected chi connectivity index (χ4v) is 17.0. The minimum absolute atomic E-state index is 0.0192. The van der Waals surface area contributed by atoms with Crippen LogP contribution >= 0.6 is 0 Å². The molecule has 0 atom stereocenters. The van der Waals surface area contributed by atoms with E-state index in [1.54, 1.807) is 0 Å². The maximum atomic E-state index is 2.44. The summed E-state index contributed by atoms with van der Waals surface area (Å²) in [6.45, 7) is 20.6. The fourth-order valence-electron chi connectivity index (χ4n) is 17.0. The smallest absolute Gasteiger partial charge is 0.0713 e. The summed E-state index contributed by atoms with van der Waals surface area (Å²) in [5.41, 5.74) is 32.1. The minimum atomic E-state index is -0.647. The highest BCUT2D eigenvalue weighted by atomic mass is 15.2. The van der Waals surface area contributed by atoms with Gasteiger partial charge in [-0.25, -0.2) is 0 Å². The minimum Gasteiger partial charge on any atom is -0.311 e. The van der Waals surface area contributed by atoms with Gasteiger partial charge in [0.15, 0.2) is 0 Å². The number of fused-ring (bicyclic) bond motifs is 6. The van der Waals surface area contributed by atoms with Gasteiger partial charge in [0.25, 0.3) is 0 Å². The first-order valence-electron chi connectivity index (χ1n) is 37.8. The molecule has 0 heterocycles. The lowest BCUT2D eigenvalue weighted by atomic mass is 9.67. The van der Waals surface area contributed by atoms with E-state index in [1.165, 1.54) is 106 Å². The lowest BCUT2D eigenvalue weighted by Crippen LogP contribution is -2.29. The average molecular weight is 1380 g/mol. The molecule has 0 radical (unpaired) electrons. The topological polar surface area (TPSA) is 9.72 Å². The summed E-state index contributed by atoms with van der Waals surface area (Å²) in [6.07, 6.45) is 0. The zero-order valence-corrected chi connectivity index (χ0v) is 62.6. The number of hydrogen-bond acceptors (Lipinski definition) is 3. The van der Waals surface area contributed by atoms with Gasteiger partial charge in [-0.05, 0) is 231 Å². The van der Waals surface area contributed by atoms with E-state index in [9.17, 15) is 0 Å². The second-order valence-corrected chi connectivity index (χ2v) is 32.1. The van der Waals surface area contributed by atoms with E-state index in [2.05, 4.69) is 453 Å². The van der Waals surface area contributed by atoms with Gasteiger partial charge in [0.1, 0.15) is 0 Å². The maximum Gasteiger partial charge on any atom is 0.0713 e. The lowest BCUT2D eigenvalue weighted by molar-refractivity contribution is 0.590. The molecule has 0 saturated heterocycles. The third kappa shape index (κ3) is 12.1. The molecule has 3 nitrogen and oxygen atoms in total. The first-order valence-corrected chi connectivity index (χ1v) is 37.8. The van der Waals surface area contributed by atoms with Gasteiger partial charge >= 0.3 is 0 Å². The van der Waals surface area contributed by atoms with Gasteiger partial charge in [-0.3, -0.25) is 0 Å². The van der Waals surface area contributed by atoms with Crippen LogP contribution in [0.1, 0.15) is 124 Å². The van der Waals surface area contributed by atoms with Crippen LogP contribution in [0.2, 0.25) is 0 Å². The molecule has 0 saturated carbocycles. The van der Waals surface area contributed by atoms with E-state index >= 15 is 0 Å². The van der Waals surface area contributed by atoms with E-state index in [0.29, 0.717) is 0 Å². The van der Waals surface area contributed by atoms with Gasteiger partial charge in [-0.2, -0.15) is 0 Å². The zero-order chi connectivity index (χ0) is 73.2. The SMILES string of the molecule is CC(C)(C)c1ccc(N(c2ccc(-c3ccccc3)cc2)c2ccc(C3(c4ccc(N(c5ccc(C(C)(C)C)cc5)c5ccc(C6(c7ccc(N(c8ccc(-c9ccccc9)cc8)c8ccc(C(C)(C)C)cc8)cc7)c7ccccc7-c7ccccc76)cc5)cc4)c4ccccc4-c4ccccc43)cc2)cc1. The number of hydrogen-bond donors (Lipinski definition) is 0. The van der Waals surface area contributed by atoms with Crippen LogP contribution in [0.25, 0.3) is 44.5 Å². The summed E-state index contributed by atoms with van der Waals surface area (Å²) in [7, 11) is 0. The molecule has 2 aliphatic rings. The molecule has 0 aromatic heterocycles. The highest BCUT2D eigenvalue weighted by Gasteiger charge is 2.48. The summed E-state index contributed by atoms with van der Waals surface area (Å²) < 4.78 is 0. The molecule has 0 N–H and O–H groups in total. The van der Waals surface area contributed by atoms with Crippen LogP contribution in [-0.2, 0) is 27.1 Å². The summed E-state index contributed by atoms with van der Waals surface area (Å²) in [5.74, 6) is 0. The van der Waals surface area contributed by atoms with E-state index in [4.69, 9.17) is 0 Å². The van der Waals surface area contributed by atoms with Crippen molar-refractivity contribution in [3.63, 3.8) is 0 Å². The zero-order valence-electron chi connectivity index (χ0n) is 62.6. The molecule has 0 spiro atoms. The van der Waals surface area contributed by atoms with Crippen molar-refractivity contribution in [2.45, 2.75) is 89.4 Å². The fraction of sp³-hybridized carbons (Fsp3) is 0.135. The Hall–Kier alpha value is -12.3. The molecule has 107 heavy (non-hydrogen) atoms. The largest absolute Gasteiger partial charge is 0.311 e. The highest BCUT2D eigenvalue weighted by molar-refractivity contribution is 5.90. The second kappa shape index (κ2) is 27.0. The number of rotatable bonds is 15. The average Bonchev–Trinajstić information content (AvgIpc) is 1.56. The van der Waals surface area contributed by atoms with Crippen LogP contribution in [0.3, 0.4) is 0 Å². The number of benzene rings is 15. The Bertz CT molecular complexity index is 5240. The van der Waals surface area contributed by atoms with Crippen molar-refractivity contribution >= 4 is 51.2 Å². The quantitative estimate of drug-likeness (QED) is 0.101. The monoisotopic (exact) mass is 1380 g/mol. The van der Waals surface area contributed by atoms with E-state index in [1.807, 2.05) is 0 Å². The molecule has 0 aliphatic heterocycles. The van der Waals surface area contributed by atoms with Crippen LogP contribution in [0.5, 0.6) is 0 Å². The Balaban J connectivity index is 0.776. The Morgan fingerprint density at radius 2 is 0.336 bits per heavy atom. The van der Waals surface area contributed by atoms with Crippen molar-refractivity contribution in [1.29, 1.82) is 0 Å². The third-order valence-electron chi connectivity index (χ3n) is 22.6. The van der Waals surface area contributed by atoms with Crippen molar-refractivity contribution in [3.05, 3.63) is 437 Å². The molecular formula is C104H89N3. The maximum absolute atomic E-state index is 2.44. The first-order chi connectivity index (χ1) is 51.9. The van der Waals surface area contributed by atoms with Crippen LogP contribution in [0, 0.1) is 0 Å². The van der Waals surface area contributed by atoms with Crippen molar-refractivity contribution in [1.82, 2.24) is 0 Å². The first kappa shape index (κ1) is 67.8. The standard InChI is InChI=1S/C104H89N3/c1-100(2,3)76-40-58-85(59-41-76)105(83-54-36-74(37-55-83)72-24-12-10-13-25-72)88-64-46-79(47-65-88)103(96-32-20-16-28-92(96)93-29-17-21-33-97(93)103)81-50-68-90(69-51-81)107(87-62-44-78(45-63-87)102(7,8)9)91-70-52-82(53-71-91)104(98-34-22-18-30-94(98)95-31-19-23-35-99(95)104)80-48-66-89(67-49-80)106(86-60-42-77(43-61-86)101(4,5)6)84-56-38-75(39-57-84)73-26-14-11-15-27-73/h10-71H,1-9H3. The molecule has 3 heteroatoms. The molecular weight excluding hydrogens is 1290 g/mol. The van der Waals surface area contributed by atoms with Gasteiger partial charge in [0.2, 0.25) is 0 Å². The molecule has 17 rings (SSSR count). The third-order valence-corrected chi connectivity index (χ3v) is 22.6. The van der Waals surface area contributed by atoms with Gasteiger partial charge in [0, 0.05) is 51.2 Å². The summed E-state index contributed by atoms with van der Waals surface area (Å²) in [5, 5.41) is 0. The molecule has 15 aromatic carbocycles. The predicted molar refractivity (Wildman–Crippen MR) is 452 cm³/mol. The summed E-state index contributed by atoms with van der Waals surface area (Å²) >= 11 is 0. The second-order valence-electron chi connectivity index (χ2n) is 32.1. The van der Waals surface area contributed by atoms with Crippen molar-refractivity contribution in [3.8, 4) is 44.5 Å². The Morgan fingerprint density at radius 3 is 0.542 bits per heavy atom.